The maximum absolute atomic E-state index is 13.5. The van der Waals surface area contributed by atoms with Crippen LogP contribution in [0, 0.1) is 11.6 Å². The molecule has 0 atom stereocenters. The number of aromatic nitrogens is 1. The third kappa shape index (κ3) is 2.63. The van der Waals surface area contributed by atoms with Gasteiger partial charge in [0.05, 0.1) is 6.42 Å². The Morgan fingerprint density at radius 3 is 2.52 bits per heavy atom. The second-order valence-electron chi connectivity index (χ2n) is 4.68. The Morgan fingerprint density at radius 2 is 1.76 bits per heavy atom. The Morgan fingerprint density at radius 1 is 1.05 bits per heavy atom. The molecule has 1 aromatic heterocycles. The van der Waals surface area contributed by atoms with Crippen LogP contribution in [0.15, 0.2) is 48.7 Å². The van der Waals surface area contributed by atoms with Crippen molar-refractivity contribution in [1.29, 1.82) is 0 Å². The average molecular weight is 286 g/mol. The van der Waals surface area contributed by atoms with E-state index in [-0.39, 0.29) is 6.42 Å². The zero-order valence-corrected chi connectivity index (χ0v) is 11.0. The number of anilines is 1. The van der Waals surface area contributed by atoms with Crippen LogP contribution in [0.3, 0.4) is 0 Å². The SMILES string of the molecule is O=C(Cc1c[nH]c2ccccc12)Nc1c(F)cccc1F. The Bertz CT molecular complexity index is 791. The minimum atomic E-state index is -0.790. The molecule has 21 heavy (non-hydrogen) atoms. The summed E-state index contributed by atoms with van der Waals surface area (Å²) in [6.07, 6.45) is 1.76. The Kier molecular flexibility index (Phi) is 3.39. The predicted molar refractivity (Wildman–Crippen MR) is 77.0 cm³/mol. The van der Waals surface area contributed by atoms with Crippen LogP contribution in [-0.4, -0.2) is 10.9 Å². The van der Waals surface area contributed by atoms with Crippen LogP contribution < -0.4 is 5.32 Å². The van der Waals surface area contributed by atoms with Crippen molar-refractivity contribution in [3.63, 3.8) is 0 Å². The first-order valence-electron chi connectivity index (χ1n) is 6.44. The molecule has 1 amide bonds. The molecule has 0 aliphatic heterocycles. The lowest BCUT2D eigenvalue weighted by Crippen LogP contribution is -2.16. The van der Waals surface area contributed by atoms with Gasteiger partial charge >= 0.3 is 0 Å². The lowest BCUT2D eigenvalue weighted by Gasteiger charge is -2.07. The molecule has 0 saturated heterocycles. The second kappa shape index (κ2) is 5.36. The maximum Gasteiger partial charge on any atom is 0.229 e. The minimum Gasteiger partial charge on any atom is -0.361 e. The highest BCUT2D eigenvalue weighted by molar-refractivity contribution is 5.95. The number of carbonyl (C=O) groups excluding carboxylic acids is 1. The van der Waals surface area contributed by atoms with Crippen molar-refractivity contribution in [2.45, 2.75) is 6.42 Å². The van der Waals surface area contributed by atoms with Crippen molar-refractivity contribution in [2.75, 3.05) is 5.32 Å². The van der Waals surface area contributed by atoms with E-state index in [2.05, 4.69) is 10.3 Å². The van der Waals surface area contributed by atoms with Gasteiger partial charge in [-0.05, 0) is 23.8 Å². The second-order valence-corrected chi connectivity index (χ2v) is 4.68. The zero-order valence-electron chi connectivity index (χ0n) is 11.0. The number of aromatic amines is 1. The van der Waals surface area contributed by atoms with Gasteiger partial charge in [0.15, 0.2) is 0 Å². The summed E-state index contributed by atoms with van der Waals surface area (Å²) < 4.78 is 27.0. The molecule has 2 aromatic carbocycles. The fourth-order valence-electron chi connectivity index (χ4n) is 2.25. The highest BCUT2D eigenvalue weighted by Gasteiger charge is 2.13. The normalized spacial score (nSPS) is 10.8. The van der Waals surface area contributed by atoms with Gasteiger partial charge in [-0.25, -0.2) is 8.78 Å². The van der Waals surface area contributed by atoms with Crippen molar-refractivity contribution in [1.82, 2.24) is 4.98 Å². The van der Waals surface area contributed by atoms with E-state index in [9.17, 15) is 13.6 Å². The molecule has 1 heterocycles. The van der Waals surface area contributed by atoms with E-state index in [4.69, 9.17) is 0 Å². The van der Waals surface area contributed by atoms with Gasteiger partial charge < -0.3 is 10.3 Å². The summed E-state index contributed by atoms with van der Waals surface area (Å²) >= 11 is 0. The minimum absolute atomic E-state index is 0.0395. The van der Waals surface area contributed by atoms with E-state index in [0.717, 1.165) is 28.6 Å². The van der Waals surface area contributed by atoms with Gasteiger partial charge in [0.1, 0.15) is 17.3 Å². The molecule has 0 aliphatic carbocycles. The Balaban J connectivity index is 1.81. The van der Waals surface area contributed by atoms with Crippen LogP contribution >= 0.6 is 0 Å². The maximum atomic E-state index is 13.5. The smallest absolute Gasteiger partial charge is 0.229 e. The summed E-state index contributed by atoms with van der Waals surface area (Å²) in [5.41, 5.74) is 1.28. The monoisotopic (exact) mass is 286 g/mol. The van der Waals surface area contributed by atoms with Gasteiger partial charge in [-0.15, -0.1) is 0 Å². The number of hydrogen-bond acceptors (Lipinski definition) is 1. The molecule has 0 aliphatic rings. The summed E-state index contributed by atoms with van der Waals surface area (Å²) in [6, 6.07) is 11.0. The summed E-state index contributed by atoms with van der Waals surface area (Å²) in [4.78, 5) is 15.0. The molecular formula is C16H12F2N2O. The predicted octanol–water partition coefficient (Wildman–Crippen LogP) is 3.63. The number of H-pyrrole nitrogens is 1. The zero-order chi connectivity index (χ0) is 14.8. The number of para-hydroxylation sites is 2. The van der Waals surface area contributed by atoms with Gasteiger partial charge in [-0.2, -0.15) is 0 Å². The van der Waals surface area contributed by atoms with Gasteiger partial charge in [-0.3, -0.25) is 4.79 Å². The van der Waals surface area contributed by atoms with Gasteiger partial charge in [0.25, 0.3) is 0 Å². The van der Waals surface area contributed by atoms with Crippen molar-refractivity contribution >= 4 is 22.5 Å². The van der Waals surface area contributed by atoms with Crippen LogP contribution in [0.25, 0.3) is 10.9 Å². The fourth-order valence-corrected chi connectivity index (χ4v) is 2.25. The number of halogens is 2. The van der Waals surface area contributed by atoms with Gasteiger partial charge in [0, 0.05) is 17.1 Å². The van der Waals surface area contributed by atoms with E-state index in [1.165, 1.54) is 6.07 Å². The molecule has 5 heteroatoms. The van der Waals surface area contributed by atoms with Crippen LogP contribution in [-0.2, 0) is 11.2 Å². The molecule has 0 bridgehead atoms. The quantitative estimate of drug-likeness (QED) is 0.758. The van der Waals surface area contributed by atoms with Crippen molar-refractivity contribution in [3.05, 3.63) is 65.9 Å². The Labute approximate surface area is 119 Å². The Hall–Kier alpha value is -2.69. The lowest BCUT2D eigenvalue weighted by molar-refractivity contribution is -0.115. The van der Waals surface area contributed by atoms with E-state index < -0.39 is 23.2 Å². The lowest BCUT2D eigenvalue weighted by atomic mass is 10.1. The highest BCUT2D eigenvalue weighted by Crippen LogP contribution is 2.21. The van der Waals surface area contributed by atoms with E-state index in [1.54, 1.807) is 6.20 Å². The first kappa shape index (κ1) is 13.3. The molecule has 0 radical (unpaired) electrons. The molecule has 3 aromatic rings. The third-order valence-corrected chi connectivity index (χ3v) is 3.25. The molecular weight excluding hydrogens is 274 g/mol. The number of hydrogen-bond donors (Lipinski definition) is 2. The average Bonchev–Trinajstić information content (AvgIpc) is 2.87. The molecule has 106 valence electrons. The van der Waals surface area contributed by atoms with E-state index in [0.29, 0.717) is 0 Å². The fraction of sp³-hybridized carbons (Fsp3) is 0.0625. The molecule has 0 spiro atoms. The van der Waals surface area contributed by atoms with Gasteiger partial charge in [-0.1, -0.05) is 24.3 Å². The summed E-state index contributed by atoms with van der Waals surface area (Å²) in [5.74, 6) is -2.05. The molecule has 3 rings (SSSR count). The number of fused-ring (bicyclic) bond motifs is 1. The first-order valence-corrected chi connectivity index (χ1v) is 6.44. The van der Waals surface area contributed by atoms with Crippen molar-refractivity contribution in [3.8, 4) is 0 Å². The number of amides is 1. The van der Waals surface area contributed by atoms with E-state index >= 15 is 0 Å². The number of benzene rings is 2. The van der Waals surface area contributed by atoms with Crippen molar-refractivity contribution in [2.24, 2.45) is 0 Å². The number of rotatable bonds is 3. The molecule has 0 saturated carbocycles. The van der Waals surface area contributed by atoms with Crippen LogP contribution in [0.5, 0.6) is 0 Å². The summed E-state index contributed by atoms with van der Waals surface area (Å²) in [5, 5.41) is 3.20. The molecule has 0 unspecified atom stereocenters. The van der Waals surface area contributed by atoms with Gasteiger partial charge in [0.2, 0.25) is 5.91 Å². The first-order chi connectivity index (χ1) is 10.1. The van der Waals surface area contributed by atoms with Crippen LogP contribution in [0.4, 0.5) is 14.5 Å². The van der Waals surface area contributed by atoms with Crippen LogP contribution in [0.2, 0.25) is 0 Å². The van der Waals surface area contributed by atoms with Crippen LogP contribution in [0.1, 0.15) is 5.56 Å². The largest absolute Gasteiger partial charge is 0.361 e. The highest BCUT2D eigenvalue weighted by atomic mass is 19.1. The summed E-state index contributed by atoms with van der Waals surface area (Å²) in [6.45, 7) is 0. The standard InChI is InChI=1S/C16H12F2N2O/c17-12-5-3-6-13(18)16(12)20-15(21)8-10-9-19-14-7-2-1-4-11(10)14/h1-7,9,19H,8H2,(H,20,21). The molecule has 2 N–H and O–H groups in total. The van der Waals surface area contributed by atoms with Crippen molar-refractivity contribution < 1.29 is 13.6 Å². The number of nitrogens with one attached hydrogen (secondary N) is 2. The van der Waals surface area contributed by atoms with E-state index in [1.807, 2.05) is 24.3 Å². The summed E-state index contributed by atoms with van der Waals surface area (Å²) in [7, 11) is 0. The third-order valence-electron chi connectivity index (χ3n) is 3.25. The topological polar surface area (TPSA) is 44.9 Å². The molecule has 0 fully saturated rings. The number of carbonyl (C=O) groups is 1. The molecule has 3 nitrogen and oxygen atoms in total.